The van der Waals surface area contributed by atoms with Gasteiger partial charge in [-0.05, 0) is 55.0 Å². The highest BCUT2D eigenvalue weighted by Crippen LogP contribution is 2.23. The van der Waals surface area contributed by atoms with Gasteiger partial charge < -0.3 is 15.1 Å². The molecule has 0 radical (unpaired) electrons. The predicted octanol–water partition coefficient (Wildman–Crippen LogP) is 2.97. The second-order valence-electron chi connectivity index (χ2n) is 8.39. The van der Waals surface area contributed by atoms with Crippen molar-refractivity contribution in [3.05, 3.63) is 82.2 Å². The molecule has 3 heterocycles. The molecule has 0 atom stereocenters. The number of rotatable bonds is 4. The fourth-order valence-corrected chi connectivity index (χ4v) is 5.62. The summed E-state index contributed by atoms with van der Waals surface area (Å²) in [7, 11) is -3.84. The monoisotopic (exact) mass is 511 g/mol. The fourth-order valence-electron chi connectivity index (χ4n) is 4.10. The number of amides is 1. The Morgan fingerprint density at radius 2 is 1.77 bits per heavy atom. The first kappa shape index (κ1) is 23.3. The molecular formula is C24H22ClN5O4S. The van der Waals surface area contributed by atoms with E-state index in [1.54, 1.807) is 59.5 Å². The smallest absolute Gasteiger partial charge is 0.276 e. The van der Waals surface area contributed by atoms with Gasteiger partial charge in [0.25, 0.3) is 15.9 Å². The van der Waals surface area contributed by atoms with Crippen LogP contribution in [-0.4, -0.2) is 59.7 Å². The summed E-state index contributed by atoms with van der Waals surface area (Å²) in [6.45, 7) is 2.73. The van der Waals surface area contributed by atoms with E-state index in [-0.39, 0.29) is 37.2 Å². The number of aryl methyl sites for hydroxylation is 1. The molecule has 180 valence electrons. The molecule has 1 N–H and O–H groups in total. The molecule has 1 amide bonds. The summed E-state index contributed by atoms with van der Waals surface area (Å²) in [4.78, 5) is 21.7. The molecule has 1 saturated heterocycles. The summed E-state index contributed by atoms with van der Waals surface area (Å²) in [5, 5.41) is 12.4. The quantitative estimate of drug-likeness (QED) is 0.334. The molecule has 0 unspecified atom stereocenters. The summed E-state index contributed by atoms with van der Waals surface area (Å²) in [6, 6.07) is 15.3. The lowest BCUT2D eigenvalue weighted by Crippen LogP contribution is -2.50. The van der Waals surface area contributed by atoms with Gasteiger partial charge in [0, 0.05) is 54.5 Å². The number of aromatic nitrogens is 3. The zero-order chi connectivity index (χ0) is 24.7. The Morgan fingerprint density at radius 1 is 1.06 bits per heavy atom. The number of H-pyrrole nitrogens is 1. The Kier molecular flexibility index (Phi) is 5.96. The molecule has 0 saturated carbocycles. The number of halogens is 1. The molecular weight excluding hydrogens is 490 g/mol. The molecule has 4 aromatic rings. The van der Waals surface area contributed by atoms with Crippen LogP contribution in [0.25, 0.3) is 22.3 Å². The number of fused-ring (bicyclic) bond motifs is 1. The number of benzene rings is 2. The molecule has 5 rings (SSSR count). The number of carbonyl (C=O) groups is 1. The third-order valence-corrected chi connectivity index (χ3v) is 8.00. The van der Waals surface area contributed by atoms with Crippen molar-refractivity contribution in [3.8, 4) is 11.3 Å². The lowest BCUT2D eigenvalue weighted by molar-refractivity contribution is -0.593. The van der Waals surface area contributed by atoms with E-state index in [2.05, 4.69) is 9.97 Å². The highest BCUT2D eigenvalue weighted by Gasteiger charge is 2.32. The number of nitrogens with one attached hydrogen (secondary N) is 1. The molecule has 0 spiro atoms. The topological polar surface area (TPSA) is 113 Å². The van der Waals surface area contributed by atoms with Crippen LogP contribution in [0, 0.1) is 12.1 Å². The van der Waals surface area contributed by atoms with Crippen LogP contribution in [0.3, 0.4) is 0 Å². The summed E-state index contributed by atoms with van der Waals surface area (Å²) < 4.78 is 28.3. The zero-order valence-electron chi connectivity index (χ0n) is 18.8. The first-order valence-corrected chi connectivity index (χ1v) is 12.8. The van der Waals surface area contributed by atoms with Crippen molar-refractivity contribution in [2.45, 2.75) is 12.1 Å². The van der Waals surface area contributed by atoms with Gasteiger partial charge in [-0.1, -0.05) is 11.6 Å². The van der Waals surface area contributed by atoms with Gasteiger partial charge in [0.2, 0.25) is 10.9 Å². The van der Waals surface area contributed by atoms with Crippen molar-refractivity contribution in [1.82, 2.24) is 19.2 Å². The highest BCUT2D eigenvalue weighted by molar-refractivity contribution is 7.89. The Balaban J connectivity index is 1.27. The molecule has 35 heavy (non-hydrogen) atoms. The van der Waals surface area contributed by atoms with E-state index < -0.39 is 10.0 Å². The van der Waals surface area contributed by atoms with Crippen molar-refractivity contribution in [2.24, 2.45) is 0 Å². The lowest BCUT2D eigenvalue weighted by Gasteiger charge is -2.33. The maximum absolute atomic E-state index is 13.1. The molecule has 2 aromatic heterocycles. The van der Waals surface area contributed by atoms with E-state index in [1.165, 1.54) is 10.5 Å². The van der Waals surface area contributed by atoms with Gasteiger partial charge in [-0.15, -0.1) is 0 Å². The SMILES string of the molecule is Cc1cc[n+]([O-])c(-c2ccc(C(=O)N3CCN(S(=O)(=O)c4nc5ccc(Cl)cc5[nH]4)CC3)cc2)c1. The van der Waals surface area contributed by atoms with Gasteiger partial charge >= 0.3 is 0 Å². The Morgan fingerprint density at radius 3 is 2.49 bits per heavy atom. The fraction of sp³-hybridized carbons (Fsp3) is 0.208. The van der Waals surface area contributed by atoms with E-state index >= 15 is 0 Å². The average molecular weight is 512 g/mol. The lowest BCUT2D eigenvalue weighted by atomic mass is 10.1. The average Bonchev–Trinajstić information content (AvgIpc) is 3.29. The minimum absolute atomic E-state index is 0.142. The Hall–Kier alpha value is -3.47. The third kappa shape index (κ3) is 4.47. The van der Waals surface area contributed by atoms with Crippen LogP contribution in [0.1, 0.15) is 15.9 Å². The number of imidazole rings is 1. The number of nitrogens with zero attached hydrogens (tertiary/aromatic N) is 4. The molecule has 2 aromatic carbocycles. The third-order valence-electron chi connectivity index (χ3n) is 6.03. The number of hydrogen-bond donors (Lipinski definition) is 1. The molecule has 11 heteroatoms. The van der Waals surface area contributed by atoms with Crippen molar-refractivity contribution < 1.29 is 17.9 Å². The molecule has 0 aliphatic carbocycles. The molecule has 9 nitrogen and oxygen atoms in total. The van der Waals surface area contributed by atoms with Gasteiger partial charge in [0.05, 0.1) is 11.0 Å². The van der Waals surface area contributed by atoms with Crippen LogP contribution >= 0.6 is 11.6 Å². The second-order valence-corrected chi connectivity index (χ2v) is 10.7. The maximum Gasteiger partial charge on any atom is 0.276 e. The van der Waals surface area contributed by atoms with Gasteiger partial charge in [-0.25, -0.2) is 13.4 Å². The van der Waals surface area contributed by atoms with E-state index in [4.69, 9.17) is 11.6 Å². The normalized spacial score (nSPS) is 15.0. The van der Waals surface area contributed by atoms with Gasteiger partial charge in [-0.3, -0.25) is 4.79 Å². The van der Waals surface area contributed by atoms with Crippen molar-refractivity contribution >= 4 is 38.6 Å². The number of hydrogen-bond acceptors (Lipinski definition) is 5. The van der Waals surface area contributed by atoms with E-state index in [0.29, 0.717) is 32.9 Å². The van der Waals surface area contributed by atoms with Crippen LogP contribution in [0.2, 0.25) is 5.02 Å². The molecule has 1 aliphatic rings. The van der Waals surface area contributed by atoms with Crippen molar-refractivity contribution in [2.75, 3.05) is 26.2 Å². The Bertz CT molecular complexity index is 1530. The minimum atomic E-state index is -3.84. The van der Waals surface area contributed by atoms with Crippen LogP contribution in [0.5, 0.6) is 0 Å². The van der Waals surface area contributed by atoms with Crippen molar-refractivity contribution in [3.63, 3.8) is 0 Å². The number of aromatic amines is 1. The summed E-state index contributed by atoms with van der Waals surface area (Å²) >= 11 is 5.98. The summed E-state index contributed by atoms with van der Waals surface area (Å²) in [5.41, 5.74) is 3.72. The molecule has 1 aliphatic heterocycles. The zero-order valence-corrected chi connectivity index (χ0v) is 20.4. The number of carbonyl (C=O) groups excluding carboxylic acids is 1. The summed E-state index contributed by atoms with van der Waals surface area (Å²) in [5.74, 6) is -0.189. The van der Waals surface area contributed by atoms with E-state index in [9.17, 15) is 18.4 Å². The minimum Gasteiger partial charge on any atom is -0.618 e. The predicted molar refractivity (Wildman–Crippen MR) is 131 cm³/mol. The van der Waals surface area contributed by atoms with Crippen LogP contribution in [0.4, 0.5) is 0 Å². The molecule has 1 fully saturated rings. The largest absolute Gasteiger partial charge is 0.618 e. The number of sulfonamides is 1. The van der Waals surface area contributed by atoms with Crippen LogP contribution in [0.15, 0.2) is 66.0 Å². The first-order valence-electron chi connectivity index (χ1n) is 11.0. The first-order chi connectivity index (χ1) is 16.7. The molecule has 0 bridgehead atoms. The van der Waals surface area contributed by atoms with Gasteiger partial charge in [0.1, 0.15) is 0 Å². The second kappa shape index (κ2) is 8.95. The van der Waals surface area contributed by atoms with Crippen LogP contribution < -0.4 is 4.73 Å². The van der Waals surface area contributed by atoms with Gasteiger partial charge in [-0.2, -0.15) is 9.04 Å². The van der Waals surface area contributed by atoms with Crippen molar-refractivity contribution in [1.29, 1.82) is 0 Å². The maximum atomic E-state index is 13.1. The Labute approximate surface area is 207 Å². The summed E-state index contributed by atoms with van der Waals surface area (Å²) in [6.07, 6.45) is 1.46. The van der Waals surface area contributed by atoms with Crippen LogP contribution in [-0.2, 0) is 10.0 Å². The standard InChI is InChI=1S/C24H22ClN5O4S/c1-16-8-9-30(32)22(14-16)17-2-4-18(5-3-17)23(31)28-10-12-29(13-11-28)35(33,34)24-26-20-7-6-19(25)15-21(20)27-24/h2-9,14-15H,10-13H2,1H3,(H,26,27). The van der Waals surface area contributed by atoms with Gasteiger partial charge in [0.15, 0.2) is 6.20 Å². The number of pyridine rings is 1. The van der Waals surface area contributed by atoms with E-state index in [1.807, 2.05) is 6.92 Å². The van der Waals surface area contributed by atoms with E-state index in [0.717, 1.165) is 10.3 Å². The number of piperazine rings is 1. The highest BCUT2D eigenvalue weighted by atomic mass is 35.5.